The molecule has 1 aliphatic rings. The summed E-state index contributed by atoms with van der Waals surface area (Å²) < 4.78 is 42.7. The molecule has 0 saturated carbocycles. The quantitative estimate of drug-likeness (QED) is 0.807. The summed E-state index contributed by atoms with van der Waals surface area (Å²) in [6.07, 6.45) is 4.23. The van der Waals surface area contributed by atoms with Gasteiger partial charge in [0.2, 0.25) is 5.88 Å². The lowest BCUT2D eigenvalue weighted by atomic mass is 10.1. The van der Waals surface area contributed by atoms with Crippen LogP contribution in [-0.4, -0.2) is 44.8 Å². The van der Waals surface area contributed by atoms with Crippen molar-refractivity contribution in [3.63, 3.8) is 0 Å². The Bertz CT molecular complexity index is 926. The third-order valence-corrected chi connectivity index (χ3v) is 5.30. The Hall–Kier alpha value is -2.52. The Labute approximate surface area is 156 Å². The lowest BCUT2D eigenvalue weighted by molar-refractivity contribution is 0.102. The number of nitrogens with zero attached hydrogens (tertiary/aromatic N) is 1. The van der Waals surface area contributed by atoms with Crippen molar-refractivity contribution in [2.24, 2.45) is 0 Å². The summed E-state index contributed by atoms with van der Waals surface area (Å²) in [7, 11) is -3.52. The maximum Gasteiger partial charge on any atom is 0.257 e. The van der Waals surface area contributed by atoms with E-state index in [1.807, 2.05) is 0 Å². The molecule has 144 valence electrons. The lowest BCUT2D eigenvalue weighted by Gasteiger charge is -2.23. The molecule has 0 radical (unpaired) electrons. The zero-order chi connectivity index (χ0) is 19.4. The van der Waals surface area contributed by atoms with Gasteiger partial charge in [0.1, 0.15) is 11.9 Å². The second-order valence-corrected chi connectivity index (χ2v) is 8.34. The molecule has 0 spiro atoms. The molecule has 1 fully saturated rings. The van der Waals surface area contributed by atoms with Crippen LogP contribution in [0.15, 0.2) is 41.4 Å². The van der Waals surface area contributed by atoms with Gasteiger partial charge in [0, 0.05) is 18.5 Å². The van der Waals surface area contributed by atoms with Crippen LogP contribution in [-0.2, 0) is 9.84 Å². The van der Waals surface area contributed by atoms with E-state index in [0.717, 1.165) is 38.3 Å². The van der Waals surface area contributed by atoms with E-state index in [1.165, 1.54) is 18.3 Å². The second-order valence-electron chi connectivity index (χ2n) is 6.32. The van der Waals surface area contributed by atoms with Crippen LogP contribution in [0.4, 0.5) is 10.1 Å². The number of benzene rings is 1. The molecule has 1 aliphatic heterocycles. The number of nitrogens with one attached hydrogen (secondary N) is 2. The Morgan fingerprint density at radius 3 is 2.59 bits per heavy atom. The van der Waals surface area contributed by atoms with Crippen LogP contribution in [0.1, 0.15) is 23.2 Å². The number of piperidine rings is 1. The van der Waals surface area contributed by atoms with Crippen molar-refractivity contribution in [3.8, 4) is 5.88 Å². The number of anilines is 1. The molecule has 27 heavy (non-hydrogen) atoms. The van der Waals surface area contributed by atoms with Crippen molar-refractivity contribution in [1.29, 1.82) is 0 Å². The van der Waals surface area contributed by atoms with Gasteiger partial charge in [-0.15, -0.1) is 0 Å². The highest BCUT2D eigenvalue weighted by Crippen LogP contribution is 2.20. The third-order valence-electron chi connectivity index (χ3n) is 4.19. The Morgan fingerprint density at radius 1 is 1.26 bits per heavy atom. The molecule has 3 rings (SSSR count). The average Bonchev–Trinajstić information content (AvgIpc) is 2.64. The van der Waals surface area contributed by atoms with Crippen LogP contribution in [0.2, 0.25) is 0 Å². The fourth-order valence-electron chi connectivity index (χ4n) is 2.69. The Kier molecular flexibility index (Phi) is 5.71. The number of aromatic nitrogens is 1. The van der Waals surface area contributed by atoms with Crippen molar-refractivity contribution in [3.05, 3.63) is 47.9 Å². The van der Waals surface area contributed by atoms with E-state index in [4.69, 9.17) is 4.74 Å². The zero-order valence-electron chi connectivity index (χ0n) is 14.7. The molecule has 9 heteroatoms. The molecular weight excluding hydrogens is 373 g/mol. The number of hydrogen-bond donors (Lipinski definition) is 2. The number of carbonyl (C=O) groups is 1. The topological polar surface area (TPSA) is 97.4 Å². The van der Waals surface area contributed by atoms with Gasteiger partial charge in [0.05, 0.1) is 16.1 Å². The van der Waals surface area contributed by atoms with Crippen LogP contribution < -0.4 is 15.4 Å². The molecule has 1 saturated heterocycles. The predicted molar refractivity (Wildman–Crippen MR) is 98.2 cm³/mol. The van der Waals surface area contributed by atoms with E-state index in [0.29, 0.717) is 5.88 Å². The van der Waals surface area contributed by atoms with Crippen LogP contribution in [0, 0.1) is 5.82 Å². The first-order valence-electron chi connectivity index (χ1n) is 8.47. The Balaban J connectivity index is 1.65. The highest BCUT2D eigenvalue weighted by atomic mass is 32.2. The fraction of sp³-hybridized carbons (Fsp3) is 0.333. The zero-order valence-corrected chi connectivity index (χ0v) is 15.6. The first-order valence-corrected chi connectivity index (χ1v) is 10.4. The predicted octanol–water partition coefficient (Wildman–Crippen LogP) is 2.01. The highest BCUT2D eigenvalue weighted by molar-refractivity contribution is 7.90. The van der Waals surface area contributed by atoms with E-state index in [2.05, 4.69) is 15.6 Å². The van der Waals surface area contributed by atoms with Crippen molar-refractivity contribution >= 4 is 21.4 Å². The van der Waals surface area contributed by atoms with Gasteiger partial charge < -0.3 is 15.4 Å². The molecule has 7 nitrogen and oxygen atoms in total. The minimum atomic E-state index is -3.52. The largest absolute Gasteiger partial charge is 0.474 e. The minimum Gasteiger partial charge on any atom is -0.474 e. The average molecular weight is 393 g/mol. The number of rotatable bonds is 5. The van der Waals surface area contributed by atoms with E-state index in [1.54, 1.807) is 12.1 Å². The third kappa shape index (κ3) is 5.01. The first kappa shape index (κ1) is 19.2. The van der Waals surface area contributed by atoms with Gasteiger partial charge in [-0.2, -0.15) is 0 Å². The molecule has 0 unspecified atom stereocenters. The number of halogens is 1. The molecule has 1 aromatic heterocycles. The van der Waals surface area contributed by atoms with Crippen LogP contribution in [0.3, 0.4) is 0 Å². The Morgan fingerprint density at radius 2 is 2.00 bits per heavy atom. The van der Waals surface area contributed by atoms with Gasteiger partial charge in [0.15, 0.2) is 9.84 Å². The molecule has 1 aromatic carbocycles. The van der Waals surface area contributed by atoms with E-state index < -0.39 is 21.6 Å². The summed E-state index contributed by atoms with van der Waals surface area (Å²) in [6, 6.07) is 6.47. The SMILES string of the molecule is CS(=O)(=O)c1ccc(NC(=O)c2ccc(OC3CCNCC3)nc2)c(F)c1. The smallest absolute Gasteiger partial charge is 0.257 e. The van der Waals surface area contributed by atoms with Crippen LogP contribution in [0.5, 0.6) is 5.88 Å². The van der Waals surface area contributed by atoms with Gasteiger partial charge in [-0.3, -0.25) is 4.79 Å². The molecule has 0 atom stereocenters. The molecule has 1 amide bonds. The van der Waals surface area contributed by atoms with Gasteiger partial charge in [0.25, 0.3) is 5.91 Å². The second kappa shape index (κ2) is 8.01. The molecule has 2 aromatic rings. The molecule has 0 bridgehead atoms. The van der Waals surface area contributed by atoms with Gasteiger partial charge in [-0.05, 0) is 50.2 Å². The summed E-state index contributed by atoms with van der Waals surface area (Å²) in [6.45, 7) is 1.80. The van der Waals surface area contributed by atoms with E-state index in [9.17, 15) is 17.6 Å². The molecule has 0 aliphatic carbocycles. The fourth-order valence-corrected chi connectivity index (χ4v) is 3.32. The van der Waals surface area contributed by atoms with Gasteiger partial charge in [-0.25, -0.2) is 17.8 Å². The highest BCUT2D eigenvalue weighted by Gasteiger charge is 2.16. The van der Waals surface area contributed by atoms with Gasteiger partial charge in [-0.1, -0.05) is 0 Å². The number of hydrogen-bond acceptors (Lipinski definition) is 6. The minimum absolute atomic E-state index is 0.0980. The van der Waals surface area contributed by atoms with Crippen LogP contribution in [0.25, 0.3) is 0 Å². The van der Waals surface area contributed by atoms with Crippen LogP contribution >= 0.6 is 0 Å². The summed E-state index contributed by atoms with van der Waals surface area (Å²) in [4.78, 5) is 16.2. The molecule has 2 N–H and O–H groups in total. The maximum absolute atomic E-state index is 14.1. The number of ether oxygens (including phenoxy) is 1. The summed E-state index contributed by atoms with van der Waals surface area (Å²) >= 11 is 0. The standard InChI is InChI=1S/C18H20FN3O4S/c1-27(24,25)14-3-4-16(15(19)10-14)22-18(23)12-2-5-17(21-11-12)26-13-6-8-20-9-7-13/h2-5,10-11,13,20H,6-9H2,1H3,(H,22,23). The molecule has 2 heterocycles. The van der Waals surface area contributed by atoms with Crippen molar-refractivity contribution in [2.75, 3.05) is 24.7 Å². The summed E-state index contributed by atoms with van der Waals surface area (Å²) in [5.41, 5.74) is 0.127. The number of amides is 1. The van der Waals surface area contributed by atoms with Gasteiger partial charge >= 0.3 is 0 Å². The first-order chi connectivity index (χ1) is 12.8. The number of pyridine rings is 1. The van der Waals surface area contributed by atoms with Crippen molar-refractivity contribution in [2.45, 2.75) is 23.8 Å². The summed E-state index contributed by atoms with van der Waals surface area (Å²) in [5.74, 6) is -0.950. The lowest BCUT2D eigenvalue weighted by Crippen LogP contribution is -2.34. The summed E-state index contributed by atoms with van der Waals surface area (Å²) in [5, 5.41) is 5.65. The normalized spacial score (nSPS) is 15.3. The number of sulfone groups is 1. The van der Waals surface area contributed by atoms with Crippen molar-refractivity contribution < 1.29 is 22.3 Å². The molecular formula is C18H20FN3O4S. The monoisotopic (exact) mass is 393 g/mol. The van der Waals surface area contributed by atoms with Crippen molar-refractivity contribution in [1.82, 2.24) is 10.3 Å². The maximum atomic E-state index is 14.1. The van der Waals surface area contributed by atoms with E-state index in [-0.39, 0.29) is 22.3 Å². The number of carbonyl (C=O) groups excluding carboxylic acids is 1. The van der Waals surface area contributed by atoms with E-state index >= 15 is 0 Å².